The second kappa shape index (κ2) is 9.02. The zero-order chi connectivity index (χ0) is 21.1. The summed E-state index contributed by atoms with van der Waals surface area (Å²) in [6, 6.07) is 10.7. The molecule has 6 heteroatoms. The van der Waals surface area contributed by atoms with Gasteiger partial charge in [-0.05, 0) is 56.4 Å². The Morgan fingerprint density at radius 1 is 1.20 bits per heavy atom. The highest BCUT2D eigenvalue weighted by atomic mass is 16.5. The maximum Gasteiger partial charge on any atom is 0.227 e. The van der Waals surface area contributed by atoms with E-state index in [-0.39, 0.29) is 17.8 Å². The van der Waals surface area contributed by atoms with Crippen molar-refractivity contribution in [1.82, 2.24) is 9.97 Å². The van der Waals surface area contributed by atoms with E-state index in [1.165, 1.54) is 18.4 Å². The van der Waals surface area contributed by atoms with E-state index in [4.69, 9.17) is 9.72 Å². The number of ketones is 1. The van der Waals surface area contributed by atoms with Crippen LogP contribution in [0.4, 0.5) is 11.8 Å². The smallest absolute Gasteiger partial charge is 0.227 e. The van der Waals surface area contributed by atoms with Gasteiger partial charge in [0.2, 0.25) is 5.95 Å². The van der Waals surface area contributed by atoms with Gasteiger partial charge in [-0.3, -0.25) is 0 Å². The van der Waals surface area contributed by atoms with E-state index in [1.807, 2.05) is 24.4 Å². The summed E-state index contributed by atoms with van der Waals surface area (Å²) in [6.07, 6.45) is 5.99. The average molecular weight is 409 g/mol. The lowest BCUT2D eigenvalue weighted by molar-refractivity contribution is -0.117. The van der Waals surface area contributed by atoms with E-state index in [0.29, 0.717) is 12.5 Å². The van der Waals surface area contributed by atoms with Gasteiger partial charge in [0.1, 0.15) is 23.5 Å². The molecule has 0 radical (unpaired) electrons. The predicted octanol–water partition coefficient (Wildman–Crippen LogP) is 4.21. The quantitative estimate of drug-likeness (QED) is 0.684. The number of carbonyl (C=O) groups excluding carboxylic acids is 1. The molecular formula is C24H32N4O2. The summed E-state index contributed by atoms with van der Waals surface area (Å²) in [5, 5.41) is 0. The minimum Gasteiger partial charge on any atom is -0.489 e. The summed E-state index contributed by atoms with van der Waals surface area (Å²) in [4.78, 5) is 25.3. The molecule has 4 rings (SSSR count). The molecule has 2 aliphatic rings. The van der Waals surface area contributed by atoms with Crippen LogP contribution in [0.25, 0.3) is 0 Å². The van der Waals surface area contributed by atoms with Gasteiger partial charge in [-0.15, -0.1) is 0 Å². The topological polar surface area (TPSA) is 58.6 Å². The van der Waals surface area contributed by atoms with E-state index in [1.54, 1.807) is 6.92 Å². The van der Waals surface area contributed by atoms with E-state index in [9.17, 15) is 4.79 Å². The Hall–Kier alpha value is -2.63. The summed E-state index contributed by atoms with van der Waals surface area (Å²) in [6.45, 7) is 8.78. The molecule has 1 aromatic heterocycles. The second-order valence-electron chi connectivity index (χ2n) is 8.75. The lowest BCUT2D eigenvalue weighted by Crippen LogP contribution is -2.30. The van der Waals surface area contributed by atoms with Crippen LogP contribution < -0.4 is 14.5 Å². The van der Waals surface area contributed by atoms with Crippen LogP contribution in [0.2, 0.25) is 0 Å². The molecule has 1 aromatic carbocycles. The first-order valence-electron chi connectivity index (χ1n) is 11.1. The maximum absolute atomic E-state index is 11.3. The number of rotatable bonds is 7. The fourth-order valence-electron chi connectivity index (χ4n) is 4.53. The molecule has 30 heavy (non-hydrogen) atoms. The normalized spacial score (nSPS) is 22.4. The summed E-state index contributed by atoms with van der Waals surface area (Å²) in [5.74, 6) is 3.18. The number of hydrogen-bond acceptors (Lipinski definition) is 6. The standard InChI is InChI=1S/C24H32N4O2/c1-17(15-19(3)29)20-6-8-21(9-7-20)30-22-11-14-27(16-22)23-10-12-25-24(26-23)28-13-4-5-18(28)2/h6-10,12,17-18,22H,4-5,11,13-16H2,1-3H3/t17-,18?,22-/m1/s1. The SMILES string of the molecule is CC(=O)C[C@@H](C)c1ccc(O[C@@H]2CCN(c3ccnc(N4CCCC4C)n3)C2)cc1. The van der Waals surface area contributed by atoms with Gasteiger partial charge in [-0.2, -0.15) is 4.98 Å². The van der Waals surface area contributed by atoms with Crippen molar-refractivity contribution in [2.45, 2.75) is 64.5 Å². The fourth-order valence-corrected chi connectivity index (χ4v) is 4.53. The van der Waals surface area contributed by atoms with Gasteiger partial charge < -0.3 is 19.3 Å². The van der Waals surface area contributed by atoms with Gasteiger partial charge in [0, 0.05) is 38.2 Å². The van der Waals surface area contributed by atoms with E-state index in [0.717, 1.165) is 43.6 Å². The van der Waals surface area contributed by atoms with Gasteiger partial charge in [0.25, 0.3) is 0 Å². The molecule has 0 N–H and O–H groups in total. The Bertz CT molecular complexity index is 870. The third-order valence-corrected chi connectivity index (χ3v) is 6.25. The molecule has 0 bridgehead atoms. The van der Waals surface area contributed by atoms with Crippen LogP contribution >= 0.6 is 0 Å². The van der Waals surface area contributed by atoms with Gasteiger partial charge in [0.15, 0.2) is 0 Å². The molecule has 0 spiro atoms. The lowest BCUT2D eigenvalue weighted by atomic mass is 9.96. The summed E-state index contributed by atoms with van der Waals surface area (Å²) >= 11 is 0. The van der Waals surface area contributed by atoms with Crippen molar-refractivity contribution in [3.8, 4) is 5.75 Å². The van der Waals surface area contributed by atoms with Gasteiger partial charge >= 0.3 is 0 Å². The summed E-state index contributed by atoms with van der Waals surface area (Å²) in [7, 11) is 0. The number of aromatic nitrogens is 2. The fraction of sp³-hybridized carbons (Fsp3) is 0.542. The third-order valence-electron chi connectivity index (χ3n) is 6.25. The number of carbonyl (C=O) groups is 1. The Kier molecular flexibility index (Phi) is 6.21. The van der Waals surface area contributed by atoms with Crippen molar-refractivity contribution >= 4 is 17.5 Å². The van der Waals surface area contributed by atoms with Gasteiger partial charge in [0.05, 0.1) is 6.54 Å². The number of nitrogens with zero attached hydrogens (tertiary/aromatic N) is 4. The summed E-state index contributed by atoms with van der Waals surface area (Å²) in [5.41, 5.74) is 1.18. The van der Waals surface area contributed by atoms with Crippen LogP contribution in [0.1, 0.15) is 57.9 Å². The molecule has 2 aliphatic heterocycles. The van der Waals surface area contributed by atoms with Gasteiger partial charge in [-0.1, -0.05) is 19.1 Å². The molecular weight excluding hydrogens is 376 g/mol. The predicted molar refractivity (Wildman–Crippen MR) is 119 cm³/mol. The molecule has 6 nitrogen and oxygen atoms in total. The largest absolute Gasteiger partial charge is 0.489 e. The lowest BCUT2D eigenvalue weighted by Gasteiger charge is -2.23. The number of ether oxygens (including phenoxy) is 1. The minimum atomic E-state index is 0.148. The first kappa shape index (κ1) is 20.6. The van der Waals surface area contributed by atoms with Crippen LogP contribution in [0.15, 0.2) is 36.5 Å². The highest BCUT2D eigenvalue weighted by molar-refractivity contribution is 5.76. The Morgan fingerprint density at radius 2 is 2.00 bits per heavy atom. The first-order valence-corrected chi connectivity index (χ1v) is 11.1. The highest BCUT2D eigenvalue weighted by Crippen LogP contribution is 2.27. The van der Waals surface area contributed by atoms with Crippen LogP contribution in [-0.2, 0) is 4.79 Å². The first-order chi connectivity index (χ1) is 14.5. The monoisotopic (exact) mass is 408 g/mol. The molecule has 3 heterocycles. The molecule has 0 aliphatic carbocycles. The van der Waals surface area contributed by atoms with Crippen molar-refractivity contribution in [2.24, 2.45) is 0 Å². The Balaban J connectivity index is 1.35. The van der Waals surface area contributed by atoms with Crippen molar-refractivity contribution in [1.29, 1.82) is 0 Å². The van der Waals surface area contributed by atoms with Crippen molar-refractivity contribution in [3.05, 3.63) is 42.1 Å². The van der Waals surface area contributed by atoms with Crippen LogP contribution in [0.3, 0.4) is 0 Å². The van der Waals surface area contributed by atoms with Crippen LogP contribution in [-0.4, -0.2) is 47.5 Å². The molecule has 0 amide bonds. The van der Waals surface area contributed by atoms with Crippen LogP contribution in [0, 0.1) is 0 Å². The average Bonchev–Trinajstić information content (AvgIpc) is 3.37. The third kappa shape index (κ3) is 4.74. The number of benzene rings is 1. The minimum absolute atomic E-state index is 0.148. The summed E-state index contributed by atoms with van der Waals surface area (Å²) < 4.78 is 6.23. The molecule has 0 saturated carbocycles. The Morgan fingerprint density at radius 3 is 2.70 bits per heavy atom. The molecule has 3 atom stereocenters. The Labute approximate surface area is 179 Å². The van der Waals surface area contributed by atoms with E-state index >= 15 is 0 Å². The highest BCUT2D eigenvalue weighted by Gasteiger charge is 2.27. The molecule has 160 valence electrons. The van der Waals surface area contributed by atoms with E-state index < -0.39 is 0 Å². The molecule has 2 saturated heterocycles. The van der Waals surface area contributed by atoms with Gasteiger partial charge in [-0.25, -0.2) is 4.98 Å². The zero-order valence-corrected chi connectivity index (χ0v) is 18.3. The number of Topliss-reactive ketones (excluding diaryl/α,β-unsaturated/α-hetero) is 1. The van der Waals surface area contributed by atoms with Crippen molar-refractivity contribution < 1.29 is 9.53 Å². The van der Waals surface area contributed by atoms with E-state index in [2.05, 4.69) is 40.8 Å². The van der Waals surface area contributed by atoms with Crippen molar-refractivity contribution in [2.75, 3.05) is 29.4 Å². The van der Waals surface area contributed by atoms with Crippen molar-refractivity contribution in [3.63, 3.8) is 0 Å². The number of anilines is 2. The maximum atomic E-state index is 11.3. The molecule has 2 fully saturated rings. The molecule has 1 unspecified atom stereocenters. The zero-order valence-electron chi connectivity index (χ0n) is 18.3. The number of hydrogen-bond donors (Lipinski definition) is 0. The second-order valence-corrected chi connectivity index (χ2v) is 8.75. The molecule has 2 aromatic rings. The van der Waals surface area contributed by atoms with Crippen LogP contribution in [0.5, 0.6) is 5.75 Å².